The van der Waals surface area contributed by atoms with Crippen molar-refractivity contribution in [3.05, 3.63) is 58.9 Å². The van der Waals surface area contributed by atoms with Crippen LogP contribution in [0.15, 0.2) is 36.4 Å². The van der Waals surface area contributed by atoms with Gasteiger partial charge >= 0.3 is 5.97 Å². The minimum Gasteiger partial charge on any atom is -0.494 e. The van der Waals surface area contributed by atoms with Gasteiger partial charge in [-0.2, -0.15) is 0 Å². The second-order valence-corrected chi connectivity index (χ2v) is 9.13. The van der Waals surface area contributed by atoms with E-state index in [1.807, 2.05) is 0 Å². The zero-order chi connectivity index (χ0) is 22.8. The third kappa shape index (κ3) is 5.13. The molecule has 0 saturated carbocycles. The van der Waals surface area contributed by atoms with Crippen LogP contribution in [0.1, 0.15) is 21.5 Å². The number of fused-ring (bicyclic) bond motifs is 1. The van der Waals surface area contributed by atoms with E-state index in [2.05, 4.69) is 0 Å². The SMILES string of the molecule is COc1ccc(CN(C)C(=O)COC(=O)c2ccc3c(c2)CCN3S(C)(=O)=O)cc1F. The third-order valence-corrected chi connectivity index (χ3v) is 6.14. The molecule has 0 radical (unpaired) electrons. The number of carbonyl (C=O) groups excluding carboxylic acids is 2. The summed E-state index contributed by atoms with van der Waals surface area (Å²) in [5.74, 6) is -1.55. The molecular weight excluding hydrogens is 427 g/mol. The van der Waals surface area contributed by atoms with Crippen molar-refractivity contribution in [1.29, 1.82) is 0 Å². The van der Waals surface area contributed by atoms with Gasteiger partial charge in [-0.15, -0.1) is 0 Å². The van der Waals surface area contributed by atoms with Crippen molar-refractivity contribution in [1.82, 2.24) is 4.90 Å². The molecule has 8 nitrogen and oxygen atoms in total. The fourth-order valence-electron chi connectivity index (χ4n) is 3.33. The molecule has 1 aliphatic heterocycles. The van der Waals surface area contributed by atoms with Crippen molar-refractivity contribution >= 4 is 27.6 Å². The van der Waals surface area contributed by atoms with Gasteiger partial charge in [0, 0.05) is 20.1 Å². The highest BCUT2D eigenvalue weighted by Gasteiger charge is 2.27. The predicted octanol–water partition coefficient (Wildman–Crippen LogP) is 1.97. The Kier molecular flexibility index (Phi) is 6.49. The van der Waals surface area contributed by atoms with E-state index in [4.69, 9.17) is 9.47 Å². The molecule has 1 aliphatic rings. The van der Waals surface area contributed by atoms with E-state index in [1.165, 1.54) is 41.6 Å². The van der Waals surface area contributed by atoms with Crippen molar-refractivity contribution < 1.29 is 31.9 Å². The Hall–Kier alpha value is -3.14. The molecule has 0 N–H and O–H groups in total. The Bertz CT molecular complexity index is 1120. The monoisotopic (exact) mass is 450 g/mol. The van der Waals surface area contributed by atoms with Gasteiger partial charge < -0.3 is 14.4 Å². The van der Waals surface area contributed by atoms with Gasteiger partial charge in [-0.3, -0.25) is 9.10 Å². The number of amides is 1. The first-order valence-corrected chi connectivity index (χ1v) is 11.3. The Morgan fingerprint density at radius 3 is 2.58 bits per heavy atom. The van der Waals surface area contributed by atoms with Crippen LogP contribution in [0.4, 0.5) is 10.1 Å². The number of rotatable bonds is 7. The Labute approximate surface area is 180 Å². The van der Waals surface area contributed by atoms with E-state index in [-0.39, 0.29) is 17.9 Å². The first kappa shape index (κ1) is 22.5. The Morgan fingerprint density at radius 2 is 1.94 bits per heavy atom. The van der Waals surface area contributed by atoms with Crippen LogP contribution in [-0.4, -0.2) is 58.8 Å². The van der Waals surface area contributed by atoms with Crippen LogP contribution < -0.4 is 9.04 Å². The van der Waals surface area contributed by atoms with E-state index in [1.54, 1.807) is 18.2 Å². The lowest BCUT2D eigenvalue weighted by molar-refractivity contribution is -0.133. The van der Waals surface area contributed by atoms with Gasteiger partial charge in [-0.25, -0.2) is 17.6 Å². The average Bonchev–Trinajstić information content (AvgIpc) is 3.15. The van der Waals surface area contributed by atoms with Crippen LogP contribution in [-0.2, 0) is 32.5 Å². The van der Waals surface area contributed by atoms with Crippen LogP contribution in [0.25, 0.3) is 0 Å². The summed E-state index contributed by atoms with van der Waals surface area (Å²) in [7, 11) is -0.489. The normalized spacial score (nSPS) is 13.0. The number of ether oxygens (including phenoxy) is 2. The van der Waals surface area contributed by atoms with Crippen LogP contribution in [0, 0.1) is 5.82 Å². The summed E-state index contributed by atoms with van der Waals surface area (Å²) in [5.41, 5.74) is 2.07. The van der Waals surface area contributed by atoms with Crippen molar-refractivity contribution in [2.75, 3.05) is 37.9 Å². The molecule has 1 heterocycles. The molecule has 3 rings (SSSR count). The minimum absolute atomic E-state index is 0.112. The highest BCUT2D eigenvalue weighted by atomic mass is 32.2. The molecule has 0 saturated heterocycles. The Balaban J connectivity index is 1.58. The number of nitrogens with zero attached hydrogens (tertiary/aromatic N) is 2. The van der Waals surface area contributed by atoms with Gasteiger partial charge in [0.25, 0.3) is 5.91 Å². The molecule has 0 bridgehead atoms. The number of likely N-dealkylation sites (N-methyl/N-ethyl adjacent to an activating group) is 1. The van der Waals surface area contributed by atoms with E-state index in [0.29, 0.717) is 24.2 Å². The molecule has 0 spiro atoms. The molecule has 0 aromatic heterocycles. The van der Waals surface area contributed by atoms with E-state index in [9.17, 15) is 22.4 Å². The summed E-state index contributed by atoms with van der Waals surface area (Å²) in [6.45, 7) is -0.0140. The van der Waals surface area contributed by atoms with Crippen LogP contribution >= 0.6 is 0 Å². The molecule has 0 atom stereocenters. The number of benzene rings is 2. The Morgan fingerprint density at radius 1 is 1.19 bits per heavy atom. The molecule has 0 fully saturated rings. The van der Waals surface area contributed by atoms with Crippen molar-refractivity contribution in [2.24, 2.45) is 0 Å². The summed E-state index contributed by atoms with van der Waals surface area (Å²) in [5, 5.41) is 0. The first-order valence-electron chi connectivity index (χ1n) is 9.44. The van der Waals surface area contributed by atoms with Gasteiger partial charge in [0.1, 0.15) is 0 Å². The average molecular weight is 450 g/mol. The summed E-state index contributed by atoms with van der Waals surface area (Å²) in [6.07, 6.45) is 1.62. The van der Waals surface area contributed by atoms with E-state index in [0.717, 1.165) is 11.8 Å². The quantitative estimate of drug-likeness (QED) is 0.599. The minimum atomic E-state index is -3.38. The number of methoxy groups -OCH3 is 1. The molecule has 31 heavy (non-hydrogen) atoms. The van der Waals surface area contributed by atoms with Gasteiger partial charge in [0.2, 0.25) is 10.0 Å². The van der Waals surface area contributed by atoms with E-state index >= 15 is 0 Å². The second-order valence-electron chi connectivity index (χ2n) is 7.22. The molecule has 0 aliphatic carbocycles. The number of hydrogen-bond donors (Lipinski definition) is 0. The van der Waals surface area contributed by atoms with Crippen molar-refractivity contribution in [2.45, 2.75) is 13.0 Å². The lowest BCUT2D eigenvalue weighted by Crippen LogP contribution is -2.30. The van der Waals surface area contributed by atoms with Crippen LogP contribution in [0.2, 0.25) is 0 Å². The van der Waals surface area contributed by atoms with Gasteiger partial charge in [-0.05, 0) is 47.9 Å². The lowest BCUT2D eigenvalue weighted by Gasteiger charge is -2.18. The summed E-state index contributed by atoms with van der Waals surface area (Å²) in [6, 6.07) is 9.01. The number of carbonyl (C=O) groups is 2. The molecule has 1 amide bonds. The van der Waals surface area contributed by atoms with Gasteiger partial charge in [-0.1, -0.05) is 6.07 Å². The summed E-state index contributed by atoms with van der Waals surface area (Å²) >= 11 is 0. The fourth-order valence-corrected chi connectivity index (χ4v) is 4.29. The highest BCUT2D eigenvalue weighted by Crippen LogP contribution is 2.30. The van der Waals surface area contributed by atoms with Crippen LogP contribution in [0.3, 0.4) is 0 Å². The number of halogens is 1. The maximum absolute atomic E-state index is 13.8. The zero-order valence-electron chi connectivity index (χ0n) is 17.4. The molecule has 10 heteroatoms. The molecule has 2 aromatic rings. The van der Waals surface area contributed by atoms with Crippen molar-refractivity contribution in [3.63, 3.8) is 0 Å². The molecule has 166 valence electrons. The highest BCUT2D eigenvalue weighted by molar-refractivity contribution is 7.92. The largest absolute Gasteiger partial charge is 0.494 e. The van der Waals surface area contributed by atoms with Gasteiger partial charge in [0.15, 0.2) is 18.2 Å². The standard InChI is InChI=1S/C21H23FN2O6S/c1-23(12-14-4-7-19(29-2)17(22)10-14)20(25)13-30-21(26)16-5-6-18-15(11-16)8-9-24(18)31(3,27)28/h4-7,10-11H,8-9,12-13H2,1-3H3. The van der Waals surface area contributed by atoms with Crippen LogP contribution in [0.5, 0.6) is 5.75 Å². The predicted molar refractivity (Wildman–Crippen MR) is 112 cm³/mol. The number of esters is 1. The molecule has 2 aromatic carbocycles. The van der Waals surface area contributed by atoms with E-state index < -0.39 is 34.3 Å². The molecule has 0 unspecified atom stereocenters. The molecular formula is C21H23FN2O6S. The number of anilines is 1. The zero-order valence-corrected chi connectivity index (χ0v) is 18.2. The number of sulfonamides is 1. The lowest BCUT2D eigenvalue weighted by atomic mass is 10.1. The smallest absolute Gasteiger partial charge is 0.338 e. The topological polar surface area (TPSA) is 93.2 Å². The van der Waals surface area contributed by atoms with Gasteiger partial charge in [0.05, 0.1) is 24.6 Å². The second kappa shape index (κ2) is 8.93. The first-order chi connectivity index (χ1) is 14.6. The van der Waals surface area contributed by atoms with Crippen molar-refractivity contribution in [3.8, 4) is 5.75 Å². The summed E-state index contributed by atoms with van der Waals surface area (Å²) in [4.78, 5) is 25.9. The number of hydrogen-bond acceptors (Lipinski definition) is 6. The third-order valence-electron chi connectivity index (χ3n) is 4.96. The fraction of sp³-hybridized carbons (Fsp3) is 0.333. The summed E-state index contributed by atoms with van der Waals surface area (Å²) < 4.78 is 48.7. The maximum atomic E-state index is 13.8. The maximum Gasteiger partial charge on any atom is 0.338 e.